The normalized spacial score (nSPS) is 11.0. The number of halogens is 2. The second-order valence-corrected chi connectivity index (χ2v) is 6.25. The Balaban J connectivity index is 0.00000242. The summed E-state index contributed by atoms with van der Waals surface area (Å²) in [5.74, 6) is 0.316. The first-order valence-corrected chi connectivity index (χ1v) is 7.05. The quantitative estimate of drug-likeness (QED) is 0.899. The van der Waals surface area contributed by atoms with Crippen molar-refractivity contribution in [1.29, 1.82) is 0 Å². The number of benzene rings is 1. The lowest BCUT2D eigenvalue weighted by Gasteiger charge is -2.14. The van der Waals surface area contributed by atoms with Gasteiger partial charge in [0.25, 0.3) is 0 Å². The van der Waals surface area contributed by atoms with Crippen molar-refractivity contribution in [3.8, 4) is 5.69 Å². The lowest BCUT2D eigenvalue weighted by Crippen LogP contribution is -2.23. The number of nitrogens with zero attached hydrogens (tertiary/aromatic N) is 2. The largest absolute Gasteiger partial charge is 0.322 e. The first-order valence-electron chi connectivity index (χ1n) is 6.67. The first-order chi connectivity index (χ1) is 9.81. The van der Waals surface area contributed by atoms with Crippen molar-refractivity contribution < 1.29 is 4.79 Å². The van der Waals surface area contributed by atoms with E-state index in [0.717, 1.165) is 11.4 Å². The Labute approximate surface area is 141 Å². The third-order valence-electron chi connectivity index (χ3n) is 2.98. The van der Waals surface area contributed by atoms with Crippen LogP contribution in [0.3, 0.4) is 0 Å². The third kappa shape index (κ3) is 4.22. The Kier molecular flexibility index (Phi) is 6.00. The molecule has 0 aliphatic heterocycles. The van der Waals surface area contributed by atoms with Gasteiger partial charge >= 0.3 is 0 Å². The molecule has 22 heavy (non-hydrogen) atoms. The smallest absolute Gasteiger partial charge is 0.239 e. The number of hydrogen-bond donors (Lipinski definition) is 2. The minimum atomic E-state index is -0.265. The SMILES string of the molecule is CC(C)(C)c1cc(NC(=O)CN)n(-c2cccc(Cl)c2)n1.Cl. The molecule has 0 saturated heterocycles. The highest BCUT2D eigenvalue weighted by atomic mass is 35.5. The van der Waals surface area contributed by atoms with Gasteiger partial charge in [-0.05, 0) is 18.2 Å². The van der Waals surface area contributed by atoms with Crippen LogP contribution < -0.4 is 11.1 Å². The highest BCUT2D eigenvalue weighted by molar-refractivity contribution is 6.30. The topological polar surface area (TPSA) is 72.9 Å². The molecule has 0 radical (unpaired) electrons. The van der Waals surface area contributed by atoms with Crippen LogP contribution in [0.1, 0.15) is 26.5 Å². The Morgan fingerprint density at radius 3 is 2.59 bits per heavy atom. The van der Waals surface area contributed by atoms with E-state index in [1.807, 2.05) is 18.2 Å². The summed E-state index contributed by atoms with van der Waals surface area (Å²) in [7, 11) is 0. The van der Waals surface area contributed by atoms with Gasteiger partial charge in [0.2, 0.25) is 5.91 Å². The summed E-state index contributed by atoms with van der Waals surface area (Å²) >= 11 is 6.03. The molecule has 0 bridgehead atoms. The molecule has 0 fully saturated rings. The molecule has 7 heteroatoms. The van der Waals surface area contributed by atoms with Gasteiger partial charge in [-0.1, -0.05) is 38.4 Å². The van der Waals surface area contributed by atoms with Crippen LogP contribution in [0.5, 0.6) is 0 Å². The van der Waals surface area contributed by atoms with E-state index in [1.165, 1.54) is 0 Å². The monoisotopic (exact) mass is 342 g/mol. The van der Waals surface area contributed by atoms with E-state index in [1.54, 1.807) is 16.8 Å². The third-order valence-corrected chi connectivity index (χ3v) is 3.22. The molecule has 0 aliphatic carbocycles. The first kappa shape index (κ1) is 18.5. The highest BCUT2D eigenvalue weighted by Gasteiger charge is 2.21. The maximum Gasteiger partial charge on any atom is 0.239 e. The molecule has 1 aromatic heterocycles. The zero-order valence-electron chi connectivity index (χ0n) is 12.8. The second-order valence-electron chi connectivity index (χ2n) is 5.81. The summed E-state index contributed by atoms with van der Waals surface area (Å²) < 4.78 is 1.67. The molecular weight excluding hydrogens is 323 g/mol. The molecule has 2 rings (SSSR count). The van der Waals surface area contributed by atoms with Crippen LogP contribution in [0.15, 0.2) is 30.3 Å². The molecule has 0 atom stereocenters. The standard InChI is InChI=1S/C15H19ClN4O.ClH/c1-15(2,3)12-8-13(18-14(21)9-17)20(19-12)11-6-4-5-10(16)7-11;/h4-8H,9,17H2,1-3H3,(H,18,21);1H. The molecule has 1 amide bonds. The summed E-state index contributed by atoms with van der Waals surface area (Å²) in [6.07, 6.45) is 0. The fourth-order valence-corrected chi connectivity index (χ4v) is 2.02. The minimum Gasteiger partial charge on any atom is -0.322 e. The van der Waals surface area contributed by atoms with Gasteiger partial charge in [-0.15, -0.1) is 12.4 Å². The lowest BCUT2D eigenvalue weighted by molar-refractivity contribution is -0.114. The van der Waals surface area contributed by atoms with Gasteiger partial charge in [0.1, 0.15) is 5.82 Å². The van der Waals surface area contributed by atoms with Gasteiger partial charge in [0.05, 0.1) is 17.9 Å². The number of rotatable bonds is 3. The van der Waals surface area contributed by atoms with E-state index in [0.29, 0.717) is 10.8 Å². The van der Waals surface area contributed by atoms with Crippen molar-refractivity contribution >= 4 is 35.7 Å². The maximum atomic E-state index is 11.6. The van der Waals surface area contributed by atoms with E-state index >= 15 is 0 Å². The fourth-order valence-electron chi connectivity index (χ4n) is 1.84. The minimum absolute atomic E-state index is 0. The molecular formula is C15H20Cl2N4O. The number of hydrogen-bond acceptors (Lipinski definition) is 3. The average molecular weight is 343 g/mol. The number of nitrogens with one attached hydrogen (secondary N) is 1. The van der Waals surface area contributed by atoms with Crippen molar-refractivity contribution in [3.63, 3.8) is 0 Å². The molecule has 120 valence electrons. The van der Waals surface area contributed by atoms with Crippen molar-refractivity contribution in [1.82, 2.24) is 9.78 Å². The van der Waals surface area contributed by atoms with Crippen molar-refractivity contribution in [2.24, 2.45) is 5.73 Å². The number of anilines is 1. The molecule has 2 aromatic rings. The van der Waals surface area contributed by atoms with Crippen LogP contribution in [0.2, 0.25) is 5.02 Å². The lowest BCUT2D eigenvalue weighted by atomic mass is 9.92. The molecule has 0 unspecified atom stereocenters. The van der Waals surface area contributed by atoms with Crippen LogP contribution in [0, 0.1) is 0 Å². The van der Waals surface area contributed by atoms with Crippen molar-refractivity contribution in [2.45, 2.75) is 26.2 Å². The second kappa shape index (κ2) is 7.13. The average Bonchev–Trinajstić information content (AvgIpc) is 2.82. The van der Waals surface area contributed by atoms with Crippen LogP contribution >= 0.6 is 24.0 Å². The fraction of sp³-hybridized carbons (Fsp3) is 0.333. The van der Waals surface area contributed by atoms with Crippen molar-refractivity contribution in [2.75, 3.05) is 11.9 Å². The number of amides is 1. The maximum absolute atomic E-state index is 11.6. The van der Waals surface area contributed by atoms with Gasteiger partial charge in [-0.2, -0.15) is 5.10 Å². The Morgan fingerprint density at radius 1 is 1.36 bits per heavy atom. The van der Waals surface area contributed by atoms with Gasteiger partial charge in [0, 0.05) is 16.5 Å². The summed E-state index contributed by atoms with van der Waals surface area (Å²) in [4.78, 5) is 11.6. The summed E-state index contributed by atoms with van der Waals surface area (Å²) in [6.45, 7) is 6.11. The van der Waals surface area contributed by atoms with Crippen LogP contribution in [-0.2, 0) is 10.2 Å². The van der Waals surface area contributed by atoms with E-state index in [-0.39, 0.29) is 30.3 Å². The molecule has 0 saturated carbocycles. The number of carbonyl (C=O) groups is 1. The van der Waals surface area contributed by atoms with Crippen molar-refractivity contribution in [3.05, 3.63) is 41.0 Å². The van der Waals surface area contributed by atoms with Crippen LogP contribution in [0.25, 0.3) is 5.69 Å². The molecule has 1 aromatic carbocycles. The predicted molar refractivity (Wildman–Crippen MR) is 92.2 cm³/mol. The van der Waals surface area contributed by atoms with Gasteiger partial charge in [0.15, 0.2) is 0 Å². The molecule has 5 nitrogen and oxygen atoms in total. The van der Waals surface area contributed by atoms with Crippen LogP contribution in [-0.4, -0.2) is 22.2 Å². The molecule has 0 spiro atoms. The molecule has 0 aliphatic rings. The zero-order valence-corrected chi connectivity index (χ0v) is 14.3. The van der Waals surface area contributed by atoms with E-state index in [4.69, 9.17) is 17.3 Å². The van der Waals surface area contributed by atoms with Gasteiger partial charge < -0.3 is 11.1 Å². The molecule has 3 N–H and O–H groups in total. The Bertz CT molecular complexity index is 662. The summed E-state index contributed by atoms with van der Waals surface area (Å²) in [6, 6.07) is 9.15. The van der Waals surface area contributed by atoms with E-state index < -0.39 is 0 Å². The van der Waals surface area contributed by atoms with E-state index in [9.17, 15) is 4.79 Å². The summed E-state index contributed by atoms with van der Waals surface area (Å²) in [5, 5.41) is 7.95. The Hall–Kier alpha value is -1.56. The van der Waals surface area contributed by atoms with Crippen LogP contribution in [0.4, 0.5) is 5.82 Å². The number of carbonyl (C=O) groups excluding carboxylic acids is 1. The Morgan fingerprint density at radius 2 is 2.05 bits per heavy atom. The number of aromatic nitrogens is 2. The molecule has 1 heterocycles. The number of nitrogens with two attached hydrogens (primary N) is 1. The zero-order chi connectivity index (χ0) is 15.6. The van der Waals surface area contributed by atoms with Gasteiger partial charge in [-0.3, -0.25) is 4.79 Å². The highest BCUT2D eigenvalue weighted by Crippen LogP contribution is 2.27. The predicted octanol–water partition coefficient (Wildman–Crippen LogP) is 3.14. The summed E-state index contributed by atoms with van der Waals surface area (Å²) in [5.41, 5.74) is 6.88. The van der Waals surface area contributed by atoms with Gasteiger partial charge in [-0.25, -0.2) is 4.68 Å². The van der Waals surface area contributed by atoms with E-state index in [2.05, 4.69) is 31.2 Å².